The highest BCUT2D eigenvalue weighted by Crippen LogP contribution is 2.24. The molecule has 0 saturated heterocycles. The summed E-state index contributed by atoms with van der Waals surface area (Å²) in [7, 11) is 0. The number of carbonyl (C=O) groups excluding carboxylic acids is 1. The van der Waals surface area contributed by atoms with Crippen molar-refractivity contribution in [1.82, 2.24) is 0 Å². The van der Waals surface area contributed by atoms with Crippen molar-refractivity contribution < 1.29 is 14.6 Å². The van der Waals surface area contributed by atoms with Gasteiger partial charge in [-0.1, -0.05) is 11.6 Å². The van der Waals surface area contributed by atoms with E-state index in [1.165, 1.54) is 5.57 Å². The first-order valence-corrected chi connectivity index (χ1v) is 4.67. The van der Waals surface area contributed by atoms with Crippen LogP contribution in [0.5, 0.6) is 0 Å². The molecule has 0 saturated carbocycles. The van der Waals surface area contributed by atoms with Gasteiger partial charge in [-0.3, -0.25) is 4.79 Å². The van der Waals surface area contributed by atoms with Gasteiger partial charge in [0.25, 0.3) is 0 Å². The van der Waals surface area contributed by atoms with E-state index in [1.54, 1.807) is 0 Å². The Morgan fingerprint density at radius 1 is 1.77 bits per heavy atom. The highest BCUT2D eigenvalue weighted by Gasteiger charge is 2.21. The molecule has 0 heterocycles. The molecule has 1 atom stereocenters. The van der Waals surface area contributed by atoms with Crippen LogP contribution in [0.1, 0.15) is 26.2 Å². The van der Waals surface area contributed by atoms with Crippen LogP contribution in [0.2, 0.25) is 0 Å². The van der Waals surface area contributed by atoms with Crippen LogP contribution in [0.25, 0.3) is 0 Å². The fourth-order valence-electron chi connectivity index (χ4n) is 1.57. The second-order valence-electron chi connectivity index (χ2n) is 3.42. The normalized spacial score (nSPS) is 22.3. The maximum atomic E-state index is 11.3. The van der Waals surface area contributed by atoms with Crippen LogP contribution in [0.15, 0.2) is 11.6 Å². The maximum absolute atomic E-state index is 11.3. The summed E-state index contributed by atoms with van der Waals surface area (Å²) < 4.78 is 4.86. The third-order valence-corrected chi connectivity index (χ3v) is 2.25. The van der Waals surface area contributed by atoms with E-state index in [4.69, 9.17) is 9.84 Å². The molecular weight excluding hydrogens is 168 g/mol. The Bertz CT molecular complexity index is 208. The van der Waals surface area contributed by atoms with Gasteiger partial charge in [0.1, 0.15) is 6.61 Å². The van der Waals surface area contributed by atoms with Crippen LogP contribution < -0.4 is 0 Å². The Balaban J connectivity index is 2.35. The van der Waals surface area contributed by atoms with Gasteiger partial charge in [-0.2, -0.15) is 0 Å². The lowest BCUT2D eigenvalue weighted by atomic mass is 9.90. The van der Waals surface area contributed by atoms with E-state index in [1.807, 2.05) is 6.92 Å². The molecule has 0 aliphatic heterocycles. The standard InChI is InChI=1S/C10H16O3/c1-8-3-2-4-9(7-8)10(12)13-6-5-11/h3,9,11H,2,4-7H2,1H3. The number of ether oxygens (including phenoxy) is 1. The van der Waals surface area contributed by atoms with Gasteiger partial charge in [-0.05, 0) is 26.2 Å². The average Bonchev–Trinajstić information content (AvgIpc) is 2.14. The number of hydrogen-bond donors (Lipinski definition) is 1. The zero-order chi connectivity index (χ0) is 9.68. The predicted molar refractivity (Wildman–Crippen MR) is 49.1 cm³/mol. The molecule has 0 bridgehead atoms. The van der Waals surface area contributed by atoms with Gasteiger partial charge in [0.2, 0.25) is 0 Å². The van der Waals surface area contributed by atoms with E-state index in [2.05, 4.69) is 6.08 Å². The predicted octanol–water partition coefficient (Wildman–Crippen LogP) is 1.27. The van der Waals surface area contributed by atoms with Crippen LogP contribution in [-0.2, 0) is 9.53 Å². The van der Waals surface area contributed by atoms with Gasteiger partial charge in [0, 0.05) is 0 Å². The lowest BCUT2D eigenvalue weighted by Crippen LogP contribution is -2.21. The molecular formula is C10H16O3. The van der Waals surface area contributed by atoms with Crippen molar-refractivity contribution in [2.45, 2.75) is 26.2 Å². The quantitative estimate of drug-likeness (QED) is 0.530. The largest absolute Gasteiger partial charge is 0.463 e. The Kier molecular flexibility index (Phi) is 3.96. The summed E-state index contributed by atoms with van der Waals surface area (Å²) in [6, 6.07) is 0. The molecule has 74 valence electrons. The van der Waals surface area contributed by atoms with Crippen molar-refractivity contribution in [2.24, 2.45) is 5.92 Å². The minimum atomic E-state index is -0.165. The van der Waals surface area contributed by atoms with Crippen LogP contribution in [0, 0.1) is 5.92 Å². The molecule has 3 heteroatoms. The number of carbonyl (C=O) groups is 1. The van der Waals surface area contributed by atoms with Gasteiger partial charge >= 0.3 is 5.97 Å². The number of aliphatic hydroxyl groups is 1. The molecule has 0 fully saturated rings. The molecule has 0 aromatic carbocycles. The first kappa shape index (κ1) is 10.3. The Labute approximate surface area is 78.4 Å². The smallest absolute Gasteiger partial charge is 0.309 e. The van der Waals surface area contributed by atoms with Crippen LogP contribution in [0.3, 0.4) is 0 Å². The van der Waals surface area contributed by atoms with Crippen molar-refractivity contribution in [1.29, 1.82) is 0 Å². The number of rotatable bonds is 3. The summed E-state index contributed by atoms with van der Waals surface area (Å²) in [6.45, 7) is 2.07. The van der Waals surface area contributed by atoms with Crippen molar-refractivity contribution >= 4 is 5.97 Å². The molecule has 3 nitrogen and oxygen atoms in total. The van der Waals surface area contributed by atoms with Crippen molar-refractivity contribution in [3.05, 3.63) is 11.6 Å². The SMILES string of the molecule is CC1=CCCC(C(=O)OCCO)C1. The number of esters is 1. The van der Waals surface area contributed by atoms with Crippen LogP contribution >= 0.6 is 0 Å². The second kappa shape index (κ2) is 5.02. The molecule has 0 aromatic heterocycles. The molecule has 0 amide bonds. The van der Waals surface area contributed by atoms with E-state index in [-0.39, 0.29) is 25.1 Å². The van der Waals surface area contributed by atoms with Gasteiger partial charge in [0.05, 0.1) is 12.5 Å². The molecule has 1 unspecified atom stereocenters. The fourth-order valence-corrected chi connectivity index (χ4v) is 1.57. The molecule has 1 rings (SSSR count). The minimum absolute atomic E-state index is 0.0107. The molecule has 1 N–H and O–H groups in total. The third-order valence-electron chi connectivity index (χ3n) is 2.25. The molecule has 0 spiro atoms. The molecule has 13 heavy (non-hydrogen) atoms. The van der Waals surface area contributed by atoms with Gasteiger partial charge in [-0.25, -0.2) is 0 Å². The zero-order valence-corrected chi connectivity index (χ0v) is 7.95. The third kappa shape index (κ3) is 3.19. The number of allylic oxidation sites excluding steroid dienone is 2. The molecule has 1 aliphatic rings. The fraction of sp³-hybridized carbons (Fsp3) is 0.700. The van der Waals surface area contributed by atoms with E-state index in [0.717, 1.165) is 19.3 Å². The summed E-state index contributed by atoms with van der Waals surface area (Å²) in [5.74, 6) is -0.155. The highest BCUT2D eigenvalue weighted by molar-refractivity contribution is 5.73. The van der Waals surface area contributed by atoms with Gasteiger partial charge in [0.15, 0.2) is 0 Å². The van der Waals surface area contributed by atoms with Crippen molar-refractivity contribution in [3.8, 4) is 0 Å². The minimum Gasteiger partial charge on any atom is -0.463 e. The monoisotopic (exact) mass is 184 g/mol. The summed E-state index contributed by atoms with van der Waals surface area (Å²) in [4.78, 5) is 11.3. The average molecular weight is 184 g/mol. The first-order valence-electron chi connectivity index (χ1n) is 4.67. The number of hydrogen-bond acceptors (Lipinski definition) is 3. The molecule has 1 aliphatic carbocycles. The second-order valence-corrected chi connectivity index (χ2v) is 3.42. The van der Waals surface area contributed by atoms with E-state index in [0.29, 0.717) is 0 Å². The zero-order valence-electron chi connectivity index (χ0n) is 7.95. The van der Waals surface area contributed by atoms with Gasteiger partial charge < -0.3 is 9.84 Å². The van der Waals surface area contributed by atoms with Crippen molar-refractivity contribution in [2.75, 3.05) is 13.2 Å². The van der Waals surface area contributed by atoms with Crippen LogP contribution in [0.4, 0.5) is 0 Å². The topological polar surface area (TPSA) is 46.5 Å². The van der Waals surface area contributed by atoms with Gasteiger partial charge in [-0.15, -0.1) is 0 Å². The summed E-state index contributed by atoms with van der Waals surface area (Å²) >= 11 is 0. The van der Waals surface area contributed by atoms with Crippen molar-refractivity contribution in [3.63, 3.8) is 0 Å². The molecule has 0 radical (unpaired) electrons. The Morgan fingerprint density at radius 2 is 2.54 bits per heavy atom. The number of aliphatic hydroxyl groups excluding tert-OH is 1. The first-order chi connectivity index (χ1) is 6.24. The Morgan fingerprint density at radius 3 is 3.15 bits per heavy atom. The molecule has 0 aromatic rings. The lowest BCUT2D eigenvalue weighted by Gasteiger charge is -2.19. The van der Waals surface area contributed by atoms with E-state index in [9.17, 15) is 4.79 Å². The highest BCUT2D eigenvalue weighted by atomic mass is 16.5. The summed E-state index contributed by atoms with van der Waals surface area (Å²) in [5.41, 5.74) is 1.26. The van der Waals surface area contributed by atoms with E-state index >= 15 is 0 Å². The van der Waals surface area contributed by atoms with E-state index < -0.39 is 0 Å². The summed E-state index contributed by atoms with van der Waals surface area (Å²) in [5, 5.41) is 8.48. The summed E-state index contributed by atoms with van der Waals surface area (Å²) in [6.07, 6.45) is 4.81. The lowest BCUT2D eigenvalue weighted by molar-refractivity contribution is -0.149. The Hall–Kier alpha value is -0.830. The maximum Gasteiger partial charge on any atom is 0.309 e. The van der Waals surface area contributed by atoms with Crippen LogP contribution in [-0.4, -0.2) is 24.3 Å².